The van der Waals surface area contributed by atoms with Crippen LogP contribution in [0.2, 0.25) is 10.0 Å². The summed E-state index contributed by atoms with van der Waals surface area (Å²) in [7, 11) is -0.848. The molecule has 2 aromatic rings. The van der Waals surface area contributed by atoms with Crippen molar-refractivity contribution in [3.05, 3.63) is 52.5 Å². The maximum absolute atomic E-state index is 12.6. The summed E-state index contributed by atoms with van der Waals surface area (Å²) in [5.74, 6) is 0.562. The molecule has 0 spiro atoms. The van der Waals surface area contributed by atoms with Gasteiger partial charge >= 0.3 is 0 Å². The Bertz CT molecular complexity index is 763. The van der Waals surface area contributed by atoms with Crippen molar-refractivity contribution in [1.82, 2.24) is 0 Å². The van der Waals surface area contributed by atoms with Crippen molar-refractivity contribution < 1.29 is 13.2 Å². The Kier molecular flexibility index (Phi) is 4.66. The predicted octanol–water partition coefficient (Wildman–Crippen LogP) is 3.83. The summed E-state index contributed by atoms with van der Waals surface area (Å²) >= 11 is 11.8. The average Bonchev–Trinajstić information content (AvgIpc) is 2.48. The summed E-state index contributed by atoms with van der Waals surface area (Å²) in [5, 5.41) is 0.422. The molecule has 0 aliphatic carbocycles. The zero-order valence-corrected chi connectivity index (χ0v) is 13.7. The van der Waals surface area contributed by atoms with Crippen molar-refractivity contribution in [2.45, 2.75) is 4.90 Å². The van der Waals surface area contributed by atoms with Crippen molar-refractivity contribution in [2.75, 3.05) is 18.5 Å². The third-order valence-electron chi connectivity index (χ3n) is 2.95. The lowest BCUT2D eigenvalue weighted by molar-refractivity contribution is 0.415. The van der Waals surface area contributed by atoms with Crippen LogP contribution < -0.4 is 9.04 Å². The molecule has 0 N–H and O–H groups in total. The van der Waals surface area contributed by atoms with Gasteiger partial charge in [-0.1, -0.05) is 29.3 Å². The Morgan fingerprint density at radius 1 is 1.10 bits per heavy atom. The molecule has 0 aliphatic rings. The Morgan fingerprint density at radius 2 is 1.81 bits per heavy atom. The summed E-state index contributed by atoms with van der Waals surface area (Å²) in [6, 6.07) is 11.0. The molecule has 0 radical (unpaired) electrons. The Labute approximate surface area is 133 Å². The summed E-state index contributed by atoms with van der Waals surface area (Å²) < 4.78 is 31.5. The third kappa shape index (κ3) is 3.26. The van der Waals surface area contributed by atoms with Gasteiger partial charge in [-0.15, -0.1) is 0 Å². The van der Waals surface area contributed by atoms with E-state index in [2.05, 4.69) is 0 Å². The molecule has 0 unspecified atom stereocenters. The number of benzene rings is 2. The van der Waals surface area contributed by atoms with Gasteiger partial charge in [0.2, 0.25) is 0 Å². The van der Waals surface area contributed by atoms with Crippen molar-refractivity contribution in [1.29, 1.82) is 0 Å². The van der Waals surface area contributed by atoms with E-state index in [1.54, 1.807) is 24.3 Å². The van der Waals surface area contributed by atoms with Crippen LogP contribution in [0.4, 0.5) is 5.69 Å². The molecule has 7 heteroatoms. The second kappa shape index (κ2) is 6.13. The number of halogens is 2. The Balaban J connectivity index is 2.49. The zero-order chi connectivity index (χ0) is 15.6. The highest BCUT2D eigenvalue weighted by atomic mass is 35.5. The van der Waals surface area contributed by atoms with E-state index in [4.69, 9.17) is 27.9 Å². The SMILES string of the molecule is COc1cccc(N(C)S(=O)(=O)c2cc(Cl)ccc2Cl)c1. The van der Waals surface area contributed by atoms with E-state index in [9.17, 15) is 8.42 Å². The van der Waals surface area contributed by atoms with E-state index < -0.39 is 10.0 Å². The summed E-state index contributed by atoms with van der Waals surface area (Å²) in [4.78, 5) is -0.0398. The van der Waals surface area contributed by atoms with Crippen LogP contribution in [0.15, 0.2) is 47.4 Å². The number of hydrogen-bond donors (Lipinski definition) is 0. The third-order valence-corrected chi connectivity index (χ3v) is 5.45. The molecule has 0 fully saturated rings. The molecule has 0 heterocycles. The van der Waals surface area contributed by atoms with E-state index in [1.165, 1.54) is 32.4 Å². The van der Waals surface area contributed by atoms with Crippen LogP contribution >= 0.6 is 23.2 Å². The maximum Gasteiger partial charge on any atom is 0.265 e. The normalized spacial score (nSPS) is 11.2. The predicted molar refractivity (Wildman–Crippen MR) is 85.0 cm³/mol. The van der Waals surface area contributed by atoms with Gasteiger partial charge in [0, 0.05) is 18.1 Å². The fraction of sp³-hybridized carbons (Fsp3) is 0.143. The maximum atomic E-state index is 12.6. The summed E-state index contributed by atoms with van der Waals surface area (Å²) in [5.41, 5.74) is 0.463. The van der Waals surface area contributed by atoms with Crippen LogP contribution in [0.5, 0.6) is 5.75 Å². The molecule has 2 rings (SSSR count). The largest absolute Gasteiger partial charge is 0.497 e. The number of nitrogens with zero attached hydrogens (tertiary/aromatic N) is 1. The number of methoxy groups -OCH3 is 1. The first-order valence-electron chi connectivity index (χ1n) is 5.94. The molecule has 0 aliphatic heterocycles. The number of hydrogen-bond acceptors (Lipinski definition) is 3. The molecule has 21 heavy (non-hydrogen) atoms. The highest BCUT2D eigenvalue weighted by Crippen LogP contribution is 2.30. The molecule has 0 saturated heterocycles. The van der Waals surface area contributed by atoms with Gasteiger partial charge < -0.3 is 4.74 Å². The van der Waals surface area contributed by atoms with Gasteiger partial charge in [-0.05, 0) is 30.3 Å². The molecular formula is C14H13Cl2NO3S. The highest BCUT2D eigenvalue weighted by molar-refractivity contribution is 7.93. The van der Waals surface area contributed by atoms with Crippen LogP contribution in [0.1, 0.15) is 0 Å². The minimum atomic E-state index is -3.81. The number of sulfonamides is 1. The van der Waals surface area contributed by atoms with Crippen LogP contribution in [-0.2, 0) is 10.0 Å². The van der Waals surface area contributed by atoms with Gasteiger partial charge in [-0.25, -0.2) is 8.42 Å². The first-order valence-corrected chi connectivity index (χ1v) is 8.14. The van der Waals surface area contributed by atoms with Crippen LogP contribution in [0, 0.1) is 0 Å². The molecule has 0 bridgehead atoms. The monoisotopic (exact) mass is 345 g/mol. The molecule has 112 valence electrons. The molecule has 0 saturated carbocycles. The van der Waals surface area contributed by atoms with Gasteiger partial charge in [0.15, 0.2) is 0 Å². The summed E-state index contributed by atoms with van der Waals surface area (Å²) in [6.45, 7) is 0. The average molecular weight is 346 g/mol. The smallest absolute Gasteiger partial charge is 0.265 e. The minimum absolute atomic E-state index is 0.0398. The van der Waals surface area contributed by atoms with Crippen molar-refractivity contribution in [2.24, 2.45) is 0 Å². The lowest BCUT2D eigenvalue weighted by atomic mass is 10.3. The molecule has 0 amide bonds. The molecule has 4 nitrogen and oxygen atoms in total. The number of rotatable bonds is 4. The van der Waals surface area contributed by atoms with Crippen LogP contribution in [0.25, 0.3) is 0 Å². The van der Waals surface area contributed by atoms with Gasteiger partial charge in [-0.3, -0.25) is 4.31 Å². The highest BCUT2D eigenvalue weighted by Gasteiger charge is 2.24. The fourth-order valence-electron chi connectivity index (χ4n) is 1.77. The van der Waals surface area contributed by atoms with Gasteiger partial charge in [0.1, 0.15) is 10.6 Å². The van der Waals surface area contributed by atoms with Gasteiger partial charge in [0.05, 0.1) is 17.8 Å². The topological polar surface area (TPSA) is 46.6 Å². The first kappa shape index (κ1) is 15.9. The second-order valence-electron chi connectivity index (χ2n) is 4.25. The first-order chi connectivity index (χ1) is 9.86. The van der Waals surface area contributed by atoms with E-state index in [1.807, 2.05) is 0 Å². The number of ether oxygens (including phenoxy) is 1. The Hall–Kier alpha value is -1.43. The lowest BCUT2D eigenvalue weighted by Gasteiger charge is -2.20. The summed E-state index contributed by atoms with van der Waals surface area (Å²) in [6.07, 6.45) is 0. The second-order valence-corrected chi connectivity index (χ2v) is 7.03. The van der Waals surface area contributed by atoms with Crippen molar-refractivity contribution in [3.8, 4) is 5.75 Å². The minimum Gasteiger partial charge on any atom is -0.497 e. The van der Waals surface area contributed by atoms with Gasteiger partial charge in [0.25, 0.3) is 10.0 Å². The van der Waals surface area contributed by atoms with Crippen molar-refractivity contribution in [3.63, 3.8) is 0 Å². The van der Waals surface area contributed by atoms with Crippen LogP contribution in [0.3, 0.4) is 0 Å². The number of anilines is 1. The molecule has 0 aromatic heterocycles. The van der Waals surface area contributed by atoms with E-state index >= 15 is 0 Å². The standard InChI is InChI=1S/C14H13Cl2NO3S/c1-17(11-4-3-5-12(9-11)20-2)21(18,19)14-8-10(15)6-7-13(14)16/h3-9H,1-2H3. The van der Waals surface area contributed by atoms with E-state index in [-0.39, 0.29) is 9.92 Å². The molecule has 0 atom stereocenters. The quantitative estimate of drug-likeness (QED) is 0.845. The lowest BCUT2D eigenvalue weighted by Crippen LogP contribution is -2.26. The Morgan fingerprint density at radius 3 is 2.48 bits per heavy atom. The van der Waals surface area contributed by atoms with E-state index in [0.717, 1.165) is 4.31 Å². The van der Waals surface area contributed by atoms with Gasteiger partial charge in [-0.2, -0.15) is 0 Å². The van der Waals surface area contributed by atoms with Crippen LogP contribution in [-0.4, -0.2) is 22.6 Å². The zero-order valence-electron chi connectivity index (χ0n) is 11.4. The van der Waals surface area contributed by atoms with E-state index in [0.29, 0.717) is 16.5 Å². The molecule has 2 aromatic carbocycles. The molecular weight excluding hydrogens is 333 g/mol. The fourth-order valence-corrected chi connectivity index (χ4v) is 3.69. The van der Waals surface area contributed by atoms with Crippen molar-refractivity contribution >= 4 is 38.9 Å².